The highest BCUT2D eigenvalue weighted by molar-refractivity contribution is 5.76. The molecule has 9 nitrogen and oxygen atoms in total. The van der Waals surface area contributed by atoms with Crippen LogP contribution >= 0.6 is 0 Å². The molecule has 7 atom stereocenters. The Morgan fingerprint density at radius 2 is 0.740 bits per heavy atom. The second kappa shape index (κ2) is 57.9. The lowest BCUT2D eigenvalue weighted by atomic mass is 9.99. The number of unbranched alkanes of at least 4 members (excludes halogenated alkanes) is 48. The fourth-order valence-corrected chi connectivity index (χ4v) is 11.2. The molecule has 77 heavy (non-hydrogen) atoms. The number of aliphatic hydroxyl groups is 5. The zero-order valence-electron chi connectivity index (χ0n) is 51.0. The number of nitrogens with one attached hydrogen (secondary N) is 1. The molecule has 1 saturated heterocycles. The second-order valence-corrected chi connectivity index (χ2v) is 24.0. The standard InChI is InChI=1S/C68H131NO8/c1-3-5-7-9-11-13-15-17-19-20-21-22-23-24-25-26-27-28-29-30-31-32-33-34-35-36-37-38-39-40-41-42-43-44-46-48-50-52-54-56-58-64(72)69-61(60-76-68-67(75)66(74)65(73)63(59-70)77-68)62(71)57-55-53-51-49-47-45-18-16-14-12-10-8-6-4-2/h47,49,55,57,61-63,65-68,70-71,73-75H,3-46,48,50-54,56,58-60H2,1-2H3,(H,69,72)/b49-47+,57-55+. The van der Waals surface area contributed by atoms with E-state index in [9.17, 15) is 30.3 Å². The third-order valence-electron chi connectivity index (χ3n) is 16.5. The van der Waals surface area contributed by atoms with E-state index >= 15 is 0 Å². The smallest absolute Gasteiger partial charge is 0.220 e. The van der Waals surface area contributed by atoms with Crippen molar-refractivity contribution in [3.63, 3.8) is 0 Å². The number of rotatable bonds is 60. The summed E-state index contributed by atoms with van der Waals surface area (Å²) in [4.78, 5) is 13.1. The van der Waals surface area contributed by atoms with Crippen molar-refractivity contribution in [2.75, 3.05) is 13.2 Å². The molecule has 1 rings (SSSR count). The minimum absolute atomic E-state index is 0.180. The number of amides is 1. The van der Waals surface area contributed by atoms with Crippen LogP contribution < -0.4 is 5.32 Å². The van der Waals surface area contributed by atoms with Gasteiger partial charge in [-0.15, -0.1) is 0 Å². The van der Waals surface area contributed by atoms with E-state index in [1.807, 2.05) is 6.08 Å². The van der Waals surface area contributed by atoms with Crippen molar-refractivity contribution < 1.29 is 39.8 Å². The Kier molecular flexibility index (Phi) is 55.4. The van der Waals surface area contributed by atoms with Gasteiger partial charge in [-0.2, -0.15) is 0 Å². The van der Waals surface area contributed by atoms with Crippen molar-refractivity contribution in [1.82, 2.24) is 5.32 Å². The number of carbonyl (C=O) groups is 1. The van der Waals surface area contributed by atoms with E-state index in [-0.39, 0.29) is 12.5 Å². The van der Waals surface area contributed by atoms with Gasteiger partial charge in [0.1, 0.15) is 24.4 Å². The summed E-state index contributed by atoms with van der Waals surface area (Å²) in [6, 6.07) is -0.818. The zero-order valence-corrected chi connectivity index (χ0v) is 51.0. The molecule has 1 fully saturated rings. The van der Waals surface area contributed by atoms with E-state index in [2.05, 4.69) is 31.3 Å². The fourth-order valence-electron chi connectivity index (χ4n) is 11.2. The van der Waals surface area contributed by atoms with Crippen LogP contribution in [0.1, 0.15) is 348 Å². The maximum absolute atomic E-state index is 13.1. The fraction of sp³-hybridized carbons (Fsp3) is 0.926. The van der Waals surface area contributed by atoms with Gasteiger partial charge in [-0.25, -0.2) is 0 Å². The largest absolute Gasteiger partial charge is 0.394 e. The number of hydrogen-bond donors (Lipinski definition) is 6. The highest BCUT2D eigenvalue weighted by atomic mass is 16.7. The summed E-state index contributed by atoms with van der Waals surface area (Å²) in [7, 11) is 0. The van der Waals surface area contributed by atoms with Crippen LogP contribution in [0.15, 0.2) is 24.3 Å². The molecule has 456 valence electrons. The van der Waals surface area contributed by atoms with E-state index in [0.29, 0.717) is 6.42 Å². The Bertz CT molecular complexity index is 1260. The first kappa shape index (κ1) is 73.7. The Hall–Kier alpha value is -1.33. The Morgan fingerprint density at radius 3 is 1.09 bits per heavy atom. The molecule has 0 aliphatic carbocycles. The van der Waals surface area contributed by atoms with Gasteiger partial charge in [-0.1, -0.05) is 334 Å². The Morgan fingerprint density at radius 1 is 0.429 bits per heavy atom. The molecule has 0 spiro atoms. The summed E-state index contributed by atoms with van der Waals surface area (Å²) in [5.41, 5.74) is 0. The van der Waals surface area contributed by atoms with Crippen molar-refractivity contribution >= 4 is 5.91 Å². The van der Waals surface area contributed by atoms with Crippen molar-refractivity contribution in [2.45, 2.75) is 391 Å². The molecule has 0 radical (unpaired) electrons. The molecular weight excluding hydrogens is 959 g/mol. The highest BCUT2D eigenvalue weighted by Crippen LogP contribution is 2.23. The van der Waals surface area contributed by atoms with Crippen LogP contribution in [0, 0.1) is 0 Å². The highest BCUT2D eigenvalue weighted by Gasteiger charge is 2.44. The predicted molar refractivity (Wildman–Crippen MR) is 327 cm³/mol. The molecule has 1 amide bonds. The number of aliphatic hydroxyl groups excluding tert-OH is 5. The van der Waals surface area contributed by atoms with E-state index in [0.717, 1.165) is 38.5 Å². The molecule has 0 bridgehead atoms. The Labute approximate surface area is 477 Å². The van der Waals surface area contributed by atoms with Crippen LogP contribution in [0.25, 0.3) is 0 Å². The monoisotopic (exact) mass is 1090 g/mol. The molecule has 1 aliphatic rings. The van der Waals surface area contributed by atoms with Crippen molar-refractivity contribution in [1.29, 1.82) is 0 Å². The van der Waals surface area contributed by atoms with Crippen LogP contribution in [0.3, 0.4) is 0 Å². The summed E-state index contributed by atoms with van der Waals surface area (Å²) in [6.07, 6.45) is 68.9. The maximum Gasteiger partial charge on any atom is 0.220 e. The number of allylic oxidation sites excluding steroid dienone is 3. The average Bonchev–Trinajstić information content (AvgIpc) is 3.43. The lowest BCUT2D eigenvalue weighted by molar-refractivity contribution is -0.302. The second-order valence-electron chi connectivity index (χ2n) is 24.0. The van der Waals surface area contributed by atoms with Crippen LogP contribution in [0.5, 0.6) is 0 Å². The summed E-state index contributed by atoms with van der Waals surface area (Å²) in [5.74, 6) is -0.180. The molecule has 6 N–H and O–H groups in total. The third-order valence-corrected chi connectivity index (χ3v) is 16.5. The van der Waals surface area contributed by atoms with Gasteiger partial charge in [0, 0.05) is 6.42 Å². The number of ether oxygens (including phenoxy) is 2. The molecular formula is C68H131NO8. The Balaban J connectivity index is 2.01. The lowest BCUT2D eigenvalue weighted by Gasteiger charge is -2.40. The average molecular weight is 1090 g/mol. The summed E-state index contributed by atoms with van der Waals surface area (Å²) in [6.45, 7) is 3.79. The van der Waals surface area contributed by atoms with Gasteiger partial charge in [0.25, 0.3) is 0 Å². The van der Waals surface area contributed by atoms with Gasteiger partial charge in [0.2, 0.25) is 5.91 Å². The maximum atomic E-state index is 13.1. The molecule has 1 aliphatic heterocycles. The van der Waals surface area contributed by atoms with Gasteiger partial charge < -0.3 is 40.3 Å². The van der Waals surface area contributed by atoms with Crippen LogP contribution in [0.2, 0.25) is 0 Å². The molecule has 7 unspecified atom stereocenters. The van der Waals surface area contributed by atoms with E-state index in [1.54, 1.807) is 6.08 Å². The van der Waals surface area contributed by atoms with Gasteiger partial charge in [0.15, 0.2) is 6.29 Å². The molecule has 0 saturated carbocycles. The number of carbonyl (C=O) groups excluding carboxylic acids is 1. The first-order valence-electron chi connectivity index (χ1n) is 34.1. The quantitative estimate of drug-likeness (QED) is 0.0261. The van der Waals surface area contributed by atoms with E-state index < -0.39 is 49.5 Å². The van der Waals surface area contributed by atoms with Gasteiger partial charge in [-0.05, 0) is 32.1 Å². The van der Waals surface area contributed by atoms with Crippen molar-refractivity contribution in [3.05, 3.63) is 24.3 Å². The van der Waals surface area contributed by atoms with Crippen LogP contribution in [0.4, 0.5) is 0 Å². The van der Waals surface area contributed by atoms with E-state index in [4.69, 9.17) is 9.47 Å². The summed E-state index contributed by atoms with van der Waals surface area (Å²) >= 11 is 0. The van der Waals surface area contributed by atoms with Crippen molar-refractivity contribution in [2.24, 2.45) is 0 Å². The van der Waals surface area contributed by atoms with E-state index in [1.165, 1.54) is 289 Å². The summed E-state index contributed by atoms with van der Waals surface area (Å²) in [5, 5.41) is 54.5. The first-order chi connectivity index (χ1) is 37.8. The zero-order chi connectivity index (χ0) is 55.8. The van der Waals surface area contributed by atoms with Gasteiger partial charge in [0.05, 0.1) is 25.4 Å². The van der Waals surface area contributed by atoms with Crippen LogP contribution in [-0.4, -0.2) is 87.5 Å². The van der Waals surface area contributed by atoms with Gasteiger partial charge >= 0.3 is 0 Å². The molecule has 0 aromatic heterocycles. The molecule has 0 aromatic carbocycles. The molecule has 9 heteroatoms. The lowest BCUT2D eigenvalue weighted by Crippen LogP contribution is -2.60. The third kappa shape index (κ3) is 46.9. The van der Waals surface area contributed by atoms with Crippen molar-refractivity contribution in [3.8, 4) is 0 Å². The first-order valence-corrected chi connectivity index (χ1v) is 34.1. The van der Waals surface area contributed by atoms with Crippen LogP contribution in [-0.2, 0) is 14.3 Å². The van der Waals surface area contributed by atoms with Gasteiger partial charge in [-0.3, -0.25) is 4.79 Å². The SMILES string of the molecule is CCCCCCCCCC/C=C/CC/C=C/C(O)C(COC1OC(CO)C(O)C(O)C1O)NC(=O)CCCCCCCCCCCCCCCCCCCCCCCCCCCCCCCCCCCCCCCCCC. The normalized spacial score (nSPS) is 18.8. The minimum atomic E-state index is -1.57. The topological polar surface area (TPSA) is 149 Å². The predicted octanol–water partition coefficient (Wildman–Crippen LogP) is 18.1. The molecule has 1 heterocycles. The minimum Gasteiger partial charge on any atom is -0.394 e. The number of hydrogen-bond acceptors (Lipinski definition) is 8. The summed E-state index contributed by atoms with van der Waals surface area (Å²) < 4.78 is 11.3. The molecule has 0 aromatic rings.